The molecular formula is C19H27Cl2N5O3. The Bertz CT molecular complexity index is 1020. The van der Waals surface area contributed by atoms with Crippen LogP contribution in [0.25, 0.3) is 11.0 Å². The maximum Gasteiger partial charge on any atom is 0.332 e. The summed E-state index contributed by atoms with van der Waals surface area (Å²) in [5, 5.41) is 3.47. The van der Waals surface area contributed by atoms with Gasteiger partial charge in [-0.15, -0.1) is 24.8 Å². The van der Waals surface area contributed by atoms with Crippen LogP contribution in [-0.2, 0) is 14.1 Å². The number of pyridine rings is 1. The molecule has 0 aromatic carbocycles. The average molecular weight is 444 g/mol. The number of nitrogens with one attached hydrogen (secondary N) is 1. The van der Waals surface area contributed by atoms with Crippen LogP contribution in [0.5, 0.6) is 0 Å². The highest BCUT2D eigenvalue weighted by molar-refractivity contribution is 5.94. The van der Waals surface area contributed by atoms with Gasteiger partial charge in [-0.05, 0) is 49.7 Å². The number of hydrogen-bond acceptors (Lipinski definition) is 5. The molecule has 2 aromatic heterocycles. The number of halogens is 2. The van der Waals surface area contributed by atoms with Crippen molar-refractivity contribution in [1.29, 1.82) is 0 Å². The van der Waals surface area contributed by atoms with Gasteiger partial charge in [0.2, 0.25) is 0 Å². The van der Waals surface area contributed by atoms with Crippen molar-refractivity contribution in [1.82, 2.24) is 19.4 Å². The summed E-state index contributed by atoms with van der Waals surface area (Å²) in [7, 11) is 2.98. The van der Waals surface area contributed by atoms with Gasteiger partial charge < -0.3 is 11.1 Å². The van der Waals surface area contributed by atoms with Crippen LogP contribution in [-0.4, -0.2) is 32.1 Å². The molecule has 2 fully saturated rings. The van der Waals surface area contributed by atoms with Crippen molar-refractivity contribution < 1.29 is 4.79 Å². The molecule has 2 aliphatic rings. The zero-order valence-corrected chi connectivity index (χ0v) is 18.1. The standard InChI is InChI=1S/C19H25N5O3.2ClH/c1-23-16-13(18(26)24(2)19(23)27)6-7-14(21-16)17(25)22-15-10-4-3-5-11(15)9-12(20)8-10;;/h6-7,10-12,15H,3-5,8-9,20H2,1-2H3,(H,22,25);2*1H. The molecular weight excluding hydrogens is 417 g/mol. The van der Waals surface area contributed by atoms with Gasteiger partial charge in [0.1, 0.15) is 11.3 Å². The van der Waals surface area contributed by atoms with Crippen molar-refractivity contribution in [3.05, 3.63) is 38.7 Å². The van der Waals surface area contributed by atoms with Crippen molar-refractivity contribution in [3.63, 3.8) is 0 Å². The number of amides is 1. The maximum absolute atomic E-state index is 12.8. The molecule has 0 aliphatic heterocycles. The molecule has 3 N–H and O–H groups in total. The van der Waals surface area contributed by atoms with Crippen LogP contribution in [0.1, 0.15) is 42.6 Å². The van der Waals surface area contributed by atoms with E-state index in [4.69, 9.17) is 5.73 Å². The van der Waals surface area contributed by atoms with Gasteiger partial charge in [0.15, 0.2) is 0 Å². The molecule has 2 aliphatic carbocycles. The first-order valence-electron chi connectivity index (χ1n) is 9.50. The second kappa shape index (κ2) is 8.85. The number of aryl methyl sites for hydroxylation is 1. The maximum atomic E-state index is 12.8. The highest BCUT2D eigenvalue weighted by Gasteiger charge is 2.40. The molecule has 0 radical (unpaired) electrons. The third-order valence-electron chi connectivity index (χ3n) is 6.21. The fourth-order valence-corrected chi connectivity index (χ4v) is 4.83. The fraction of sp³-hybridized carbons (Fsp3) is 0.579. The van der Waals surface area contributed by atoms with Crippen LogP contribution in [0.4, 0.5) is 0 Å². The Morgan fingerprint density at radius 3 is 2.34 bits per heavy atom. The van der Waals surface area contributed by atoms with Gasteiger partial charge in [-0.2, -0.15) is 0 Å². The molecule has 2 aromatic rings. The Hall–Kier alpha value is -1.90. The minimum Gasteiger partial charge on any atom is -0.347 e. The quantitative estimate of drug-likeness (QED) is 0.721. The minimum absolute atomic E-state index is 0. The van der Waals surface area contributed by atoms with Crippen molar-refractivity contribution >= 4 is 41.8 Å². The molecule has 8 nitrogen and oxygen atoms in total. The first-order valence-corrected chi connectivity index (χ1v) is 9.50. The van der Waals surface area contributed by atoms with Crippen LogP contribution in [0.3, 0.4) is 0 Å². The summed E-state index contributed by atoms with van der Waals surface area (Å²) in [6.07, 6.45) is 5.25. The smallest absolute Gasteiger partial charge is 0.332 e. The van der Waals surface area contributed by atoms with Crippen molar-refractivity contribution in [2.24, 2.45) is 31.7 Å². The number of carbonyl (C=O) groups is 1. The van der Waals surface area contributed by atoms with Gasteiger partial charge in [-0.25, -0.2) is 9.78 Å². The molecule has 160 valence electrons. The van der Waals surface area contributed by atoms with E-state index in [1.54, 1.807) is 19.2 Å². The molecule has 2 unspecified atom stereocenters. The third kappa shape index (κ3) is 4.06. The van der Waals surface area contributed by atoms with E-state index in [9.17, 15) is 14.4 Å². The molecule has 2 atom stereocenters. The van der Waals surface area contributed by atoms with Gasteiger partial charge in [-0.1, -0.05) is 6.42 Å². The average Bonchev–Trinajstić information content (AvgIpc) is 2.64. The summed E-state index contributed by atoms with van der Waals surface area (Å²) in [5.74, 6) is 0.560. The second-order valence-corrected chi connectivity index (χ2v) is 7.96. The summed E-state index contributed by atoms with van der Waals surface area (Å²) >= 11 is 0. The largest absolute Gasteiger partial charge is 0.347 e. The third-order valence-corrected chi connectivity index (χ3v) is 6.21. The van der Waals surface area contributed by atoms with E-state index in [1.807, 2.05) is 0 Å². The van der Waals surface area contributed by atoms with Crippen LogP contribution in [0, 0.1) is 11.8 Å². The molecule has 0 saturated heterocycles. The van der Waals surface area contributed by atoms with Crippen molar-refractivity contribution in [2.45, 2.75) is 44.2 Å². The van der Waals surface area contributed by atoms with Crippen LogP contribution in [0.15, 0.2) is 21.7 Å². The first kappa shape index (κ1) is 23.4. The lowest BCUT2D eigenvalue weighted by Gasteiger charge is -2.45. The lowest BCUT2D eigenvalue weighted by atomic mass is 9.67. The van der Waals surface area contributed by atoms with Gasteiger partial charge in [0, 0.05) is 26.2 Å². The Morgan fingerprint density at radius 2 is 1.72 bits per heavy atom. The monoisotopic (exact) mass is 443 g/mol. The minimum atomic E-state index is -0.464. The number of carbonyl (C=O) groups excluding carboxylic acids is 1. The number of fused-ring (bicyclic) bond motifs is 3. The molecule has 0 spiro atoms. The SMILES string of the molecule is Cl.Cl.Cn1c(=O)c2ccc(C(=O)NC3C4CCCC3CC(N)C4)nc2n(C)c1=O. The van der Waals surface area contributed by atoms with Gasteiger partial charge in [0.05, 0.1) is 5.39 Å². The van der Waals surface area contributed by atoms with Crippen LogP contribution >= 0.6 is 24.8 Å². The van der Waals surface area contributed by atoms with Gasteiger partial charge in [-0.3, -0.25) is 18.7 Å². The van der Waals surface area contributed by atoms with E-state index in [-0.39, 0.29) is 54.1 Å². The van der Waals surface area contributed by atoms with Crippen molar-refractivity contribution in [3.8, 4) is 0 Å². The highest BCUT2D eigenvalue weighted by Crippen LogP contribution is 2.39. The van der Waals surface area contributed by atoms with E-state index >= 15 is 0 Å². The number of aromatic nitrogens is 3. The van der Waals surface area contributed by atoms with Crippen LogP contribution in [0.2, 0.25) is 0 Å². The molecule has 4 rings (SSSR count). The summed E-state index contributed by atoms with van der Waals surface area (Å²) in [6, 6.07) is 3.46. The Kier molecular flexibility index (Phi) is 7.14. The number of rotatable bonds is 2. The zero-order chi connectivity index (χ0) is 19.3. The number of nitrogens with two attached hydrogens (primary N) is 1. The molecule has 29 heavy (non-hydrogen) atoms. The molecule has 2 saturated carbocycles. The first-order chi connectivity index (χ1) is 12.9. The zero-order valence-electron chi connectivity index (χ0n) is 16.5. The Balaban J connectivity index is 0.00000150. The summed E-state index contributed by atoms with van der Waals surface area (Å²) in [4.78, 5) is 41.6. The highest BCUT2D eigenvalue weighted by atomic mass is 35.5. The lowest BCUT2D eigenvalue weighted by molar-refractivity contribution is 0.0752. The Labute approximate surface area is 180 Å². The predicted octanol–water partition coefficient (Wildman–Crippen LogP) is 1.11. The molecule has 1 amide bonds. The van der Waals surface area contributed by atoms with Crippen LogP contribution < -0.4 is 22.3 Å². The molecule has 2 bridgehead atoms. The fourth-order valence-electron chi connectivity index (χ4n) is 4.83. The second-order valence-electron chi connectivity index (χ2n) is 7.96. The topological polar surface area (TPSA) is 112 Å². The van der Waals surface area contributed by atoms with E-state index in [2.05, 4.69) is 10.3 Å². The predicted molar refractivity (Wildman–Crippen MR) is 116 cm³/mol. The summed E-state index contributed by atoms with van der Waals surface area (Å²) < 4.78 is 2.33. The molecule has 10 heteroatoms. The lowest BCUT2D eigenvalue weighted by Crippen LogP contribution is -2.53. The van der Waals surface area contributed by atoms with E-state index in [1.165, 1.54) is 18.0 Å². The Morgan fingerprint density at radius 1 is 1.10 bits per heavy atom. The van der Waals surface area contributed by atoms with E-state index < -0.39 is 11.2 Å². The summed E-state index contributed by atoms with van der Waals surface area (Å²) in [6.45, 7) is 0. The van der Waals surface area contributed by atoms with E-state index in [0.717, 1.165) is 30.3 Å². The molecule has 2 heterocycles. The van der Waals surface area contributed by atoms with E-state index in [0.29, 0.717) is 17.2 Å². The summed E-state index contributed by atoms with van der Waals surface area (Å²) in [5.41, 5.74) is 5.73. The number of nitrogens with zero attached hydrogens (tertiary/aromatic N) is 3. The number of hydrogen-bond donors (Lipinski definition) is 2. The van der Waals surface area contributed by atoms with Gasteiger partial charge >= 0.3 is 5.69 Å². The van der Waals surface area contributed by atoms with Crippen molar-refractivity contribution in [2.75, 3.05) is 0 Å². The van der Waals surface area contributed by atoms with Gasteiger partial charge in [0.25, 0.3) is 11.5 Å². The normalized spacial score (nSPS) is 25.6.